The lowest BCUT2D eigenvalue weighted by Gasteiger charge is -2.07. The van der Waals surface area contributed by atoms with Gasteiger partial charge in [-0.1, -0.05) is 13.0 Å². The first kappa shape index (κ1) is 8.87. The molecule has 0 aliphatic heterocycles. The van der Waals surface area contributed by atoms with E-state index in [0.29, 0.717) is 11.5 Å². The van der Waals surface area contributed by atoms with Crippen LogP contribution in [0, 0.1) is 0 Å². The Bertz CT molecular complexity index is 261. The molecule has 0 fully saturated rings. The van der Waals surface area contributed by atoms with E-state index in [9.17, 15) is 0 Å². The number of ether oxygens (including phenoxy) is 1. The average molecular weight is 167 g/mol. The highest BCUT2D eigenvalue weighted by Crippen LogP contribution is 2.26. The smallest absolute Gasteiger partial charge is 0.188 e. The molecule has 3 heteroatoms. The van der Waals surface area contributed by atoms with Crippen molar-refractivity contribution in [3.8, 4) is 11.5 Å². The summed E-state index contributed by atoms with van der Waals surface area (Å²) in [6, 6.07) is 5.69. The summed E-state index contributed by atoms with van der Waals surface area (Å²) < 4.78 is 5.07. The van der Waals surface area contributed by atoms with E-state index in [1.807, 2.05) is 12.1 Å². The van der Waals surface area contributed by atoms with Gasteiger partial charge in [0.15, 0.2) is 11.5 Å². The van der Waals surface area contributed by atoms with Crippen LogP contribution in [0.25, 0.3) is 0 Å². The molecular formula is C9H13NO2. The Labute approximate surface area is 72.0 Å². The van der Waals surface area contributed by atoms with Crippen molar-refractivity contribution >= 4 is 0 Å². The van der Waals surface area contributed by atoms with E-state index < -0.39 is 0 Å². The molecule has 0 heterocycles. The monoisotopic (exact) mass is 167 g/mol. The zero-order valence-corrected chi connectivity index (χ0v) is 7.33. The van der Waals surface area contributed by atoms with Gasteiger partial charge in [0.2, 0.25) is 0 Å². The number of rotatable bonds is 3. The molecule has 1 aromatic carbocycles. The number of hydrogen-bond donors (Lipinski definition) is 1. The Morgan fingerprint density at radius 3 is 2.58 bits per heavy atom. The Kier molecular flexibility index (Phi) is 2.94. The van der Waals surface area contributed by atoms with Gasteiger partial charge in [-0.2, -0.15) is 5.90 Å². The molecule has 0 aliphatic rings. The molecular weight excluding hydrogens is 154 g/mol. The summed E-state index contributed by atoms with van der Waals surface area (Å²) in [7, 11) is 1.59. The van der Waals surface area contributed by atoms with Gasteiger partial charge in [-0.3, -0.25) is 0 Å². The van der Waals surface area contributed by atoms with Crippen LogP contribution >= 0.6 is 0 Å². The lowest BCUT2D eigenvalue weighted by atomic mass is 10.1. The van der Waals surface area contributed by atoms with Crippen LogP contribution in [0.5, 0.6) is 11.5 Å². The Hall–Kier alpha value is -1.22. The molecule has 0 bridgehead atoms. The molecule has 0 aliphatic carbocycles. The van der Waals surface area contributed by atoms with Crippen molar-refractivity contribution in [2.24, 2.45) is 5.90 Å². The van der Waals surface area contributed by atoms with Crippen LogP contribution in [0.1, 0.15) is 12.5 Å². The minimum atomic E-state index is 0.565. The molecule has 0 aromatic heterocycles. The molecule has 0 atom stereocenters. The molecule has 0 saturated heterocycles. The van der Waals surface area contributed by atoms with Gasteiger partial charge in [0.1, 0.15) is 0 Å². The van der Waals surface area contributed by atoms with Crippen molar-refractivity contribution in [2.75, 3.05) is 7.11 Å². The maximum Gasteiger partial charge on any atom is 0.188 e. The molecule has 0 unspecified atom stereocenters. The molecule has 12 heavy (non-hydrogen) atoms. The molecule has 2 N–H and O–H groups in total. The minimum absolute atomic E-state index is 0.565. The van der Waals surface area contributed by atoms with Crippen LogP contribution in [-0.4, -0.2) is 7.11 Å². The van der Waals surface area contributed by atoms with Crippen LogP contribution in [0.15, 0.2) is 18.2 Å². The first-order valence-corrected chi connectivity index (χ1v) is 3.85. The summed E-state index contributed by atoms with van der Waals surface area (Å²) in [6.07, 6.45) is 0.973. The molecule has 3 nitrogen and oxygen atoms in total. The minimum Gasteiger partial charge on any atom is -0.493 e. The highest BCUT2D eigenvalue weighted by atomic mass is 16.6. The van der Waals surface area contributed by atoms with Gasteiger partial charge in [-0.15, -0.1) is 0 Å². The van der Waals surface area contributed by atoms with Gasteiger partial charge in [0, 0.05) is 0 Å². The molecule has 0 saturated carbocycles. The van der Waals surface area contributed by atoms with E-state index in [1.165, 1.54) is 5.56 Å². The van der Waals surface area contributed by atoms with Crippen LogP contribution in [0.3, 0.4) is 0 Å². The predicted molar refractivity (Wildman–Crippen MR) is 47.2 cm³/mol. The van der Waals surface area contributed by atoms with Gasteiger partial charge in [-0.05, 0) is 24.1 Å². The third kappa shape index (κ3) is 1.68. The standard InChI is InChI=1S/C9H13NO2/c1-3-7-4-5-8(12-10)9(6-7)11-2/h4-6H,3,10H2,1-2H3. The molecule has 0 radical (unpaired) electrons. The largest absolute Gasteiger partial charge is 0.493 e. The van der Waals surface area contributed by atoms with Crippen molar-refractivity contribution < 1.29 is 9.57 Å². The number of nitrogens with two attached hydrogens (primary N) is 1. The lowest BCUT2D eigenvalue weighted by molar-refractivity contribution is 0.305. The Balaban J connectivity index is 3.02. The highest BCUT2D eigenvalue weighted by Gasteiger charge is 2.02. The third-order valence-electron chi connectivity index (χ3n) is 1.76. The van der Waals surface area contributed by atoms with E-state index >= 15 is 0 Å². The first-order valence-electron chi connectivity index (χ1n) is 3.85. The van der Waals surface area contributed by atoms with Crippen LogP contribution in [-0.2, 0) is 6.42 Å². The van der Waals surface area contributed by atoms with Crippen molar-refractivity contribution in [2.45, 2.75) is 13.3 Å². The van der Waals surface area contributed by atoms with E-state index in [4.69, 9.17) is 10.6 Å². The quantitative estimate of drug-likeness (QED) is 0.694. The Morgan fingerprint density at radius 2 is 2.08 bits per heavy atom. The normalized spacial score (nSPS) is 9.58. The van der Waals surface area contributed by atoms with Crippen LogP contribution in [0.2, 0.25) is 0 Å². The Morgan fingerprint density at radius 1 is 1.33 bits per heavy atom. The zero-order valence-electron chi connectivity index (χ0n) is 7.33. The zero-order chi connectivity index (χ0) is 8.97. The van der Waals surface area contributed by atoms with Gasteiger partial charge in [0.25, 0.3) is 0 Å². The summed E-state index contributed by atoms with van der Waals surface area (Å²) in [5.41, 5.74) is 1.20. The maximum atomic E-state index is 5.07. The number of aryl methyl sites for hydroxylation is 1. The third-order valence-corrected chi connectivity index (χ3v) is 1.76. The first-order chi connectivity index (χ1) is 5.81. The van der Waals surface area contributed by atoms with Crippen LogP contribution < -0.4 is 15.5 Å². The van der Waals surface area contributed by atoms with Crippen molar-refractivity contribution in [1.29, 1.82) is 0 Å². The topological polar surface area (TPSA) is 44.5 Å². The fraction of sp³-hybridized carbons (Fsp3) is 0.333. The fourth-order valence-corrected chi connectivity index (χ4v) is 1.03. The maximum absolute atomic E-state index is 5.07. The summed E-state index contributed by atoms with van der Waals surface area (Å²) in [6.45, 7) is 2.08. The van der Waals surface area contributed by atoms with Gasteiger partial charge in [-0.25, -0.2) is 0 Å². The lowest BCUT2D eigenvalue weighted by Crippen LogP contribution is -2.03. The number of benzene rings is 1. The summed E-state index contributed by atoms with van der Waals surface area (Å²) in [4.78, 5) is 4.61. The molecule has 1 rings (SSSR count). The molecule has 0 spiro atoms. The predicted octanol–water partition coefficient (Wildman–Crippen LogP) is 1.51. The van der Waals surface area contributed by atoms with Gasteiger partial charge >= 0.3 is 0 Å². The fourth-order valence-electron chi connectivity index (χ4n) is 1.03. The molecule has 1 aromatic rings. The van der Waals surface area contributed by atoms with Crippen molar-refractivity contribution in [3.05, 3.63) is 23.8 Å². The summed E-state index contributed by atoms with van der Waals surface area (Å²) >= 11 is 0. The van der Waals surface area contributed by atoms with E-state index in [-0.39, 0.29) is 0 Å². The summed E-state index contributed by atoms with van der Waals surface area (Å²) in [5.74, 6) is 6.28. The second-order valence-corrected chi connectivity index (χ2v) is 2.46. The van der Waals surface area contributed by atoms with E-state index in [0.717, 1.165) is 6.42 Å². The van der Waals surface area contributed by atoms with E-state index in [1.54, 1.807) is 13.2 Å². The SMILES string of the molecule is CCc1ccc(ON)c(OC)c1. The average Bonchev–Trinajstić information content (AvgIpc) is 2.16. The highest BCUT2D eigenvalue weighted by molar-refractivity contribution is 5.42. The van der Waals surface area contributed by atoms with E-state index in [2.05, 4.69) is 11.8 Å². The molecule has 0 amide bonds. The number of methoxy groups -OCH3 is 1. The van der Waals surface area contributed by atoms with Crippen molar-refractivity contribution in [3.63, 3.8) is 0 Å². The second kappa shape index (κ2) is 3.97. The van der Waals surface area contributed by atoms with Crippen LogP contribution in [0.4, 0.5) is 0 Å². The number of hydrogen-bond acceptors (Lipinski definition) is 3. The van der Waals surface area contributed by atoms with Gasteiger partial charge in [0.05, 0.1) is 7.11 Å². The summed E-state index contributed by atoms with van der Waals surface area (Å²) in [5, 5.41) is 0. The van der Waals surface area contributed by atoms with Gasteiger partial charge < -0.3 is 9.57 Å². The molecule has 66 valence electrons. The van der Waals surface area contributed by atoms with Crippen molar-refractivity contribution in [1.82, 2.24) is 0 Å². The second-order valence-electron chi connectivity index (χ2n) is 2.46.